The molecule has 18 heavy (non-hydrogen) atoms. The molecule has 0 spiro atoms. The third-order valence-corrected chi connectivity index (χ3v) is 5.46. The van der Waals surface area contributed by atoms with Gasteiger partial charge in [0, 0.05) is 22.4 Å². The molecule has 2 nitrogen and oxygen atoms in total. The van der Waals surface area contributed by atoms with Crippen LogP contribution in [0.1, 0.15) is 18.9 Å². The minimum Gasteiger partial charge on any atom is -0.355 e. The SMILES string of the molecule is CCCNC(=O)CSCC1Cc2ccccc2S1. The molecule has 0 aliphatic carbocycles. The quantitative estimate of drug-likeness (QED) is 0.869. The van der Waals surface area contributed by atoms with Gasteiger partial charge in [0.2, 0.25) is 5.91 Å². The molecule has 1 aliphatic heterocycles. The molecule has 98 valence electrons. The average Bonchev–Trinajstić information content (AvgIpc) is 2.79. The van der Waals surface area contributed by atoms with Crippen LogP contribution in [-0.2, 0) is 11.2 Å². The van der Waals surface area contributed by atoms with E-state index in [2.05, 4.69) is 36.5 Å². The standard InChI is InChI=1S/C14H19NOS2/c1-2-7-15-14(16)10-17-9-12-8-11-5-3-4-6-13(11)18-12/h3-6,12H,2,7-10H2,1H3,(H,15,16). The molecule has 1 aromatic rings. The Labute approximate surface area is 117 Å². The molecule has 1 heterocycles. The molecule has 1 unspecified atom stereocenters. The number of hydrogen-bond acceptors (Lipinski definition) is 3. The van der Waals surface area contributed by atoms with Gasteiger partial charge in [-0.05, 0) is 24.5 Å². The Balaban J connectivity index is 1.66. The van der Waals surface area contributed by atoms with E-state index < -0.39 is 0 Å². The van der Waals surface area contributed by atoms with Crippen LogP contribution in [0.5, 0.6) is 0 Å². The van der Waals surface area contributed by atoms with Crippen molar-refractivity contribution in [1.29, 1.82) is 0 Å². The number of hydrogen-bond donors (Lipinski definition) is 1. The van der Waals surface area contributed by atoms with Crippen molar-refractivity contribution in [2.24, 2.45) is 0 Å². The fourth-order valence-electron chi connectivity index (χ4n) is 1.95. The molecule has 0 radical (unpaired) electrons. The molecule has 0 saturated heterocycles. The third kappa shape index (κ3) is 3.95. The lowest BCUT2D eigenvalue weighted by Crippen LogP contribution is -2.26. The van der Waals surface area contributed by atoms with E-state index in [1.54, 1.807) is 11.8 Å². The van der Waals surface area contributed by atoms with E-state index >= 15 is 0 Å². The number of fused-ring (bicyclic) bond motifs is 1. The minimum absolute atomic E-state index is 0.169. The highest BCUT2D eigenvalue weighted by atomic mass is 32.2. The van der Waals surface area contributed by atoms with E-state index in [9.17, 15) is 4.79 Å². The lowest BCUT2D eigenvalue weighted by molar-refractivity contribution is -0.118. The highest BCUT2D eigenvalue weighted by molar-refractivity contribution is 8.03. The number of carbonyl (C=O) groups excluding carboxylic acids is 1. The second-order valence-corrected chi connectivity index (χ2v) is 6.79. The lowest BCUT2D eigenvalue weighted by Gasteiger charge is -2.08. The van der Waals surface area contributed by atoms with Crippen molar-refractivity contribution in [2.75, 3.05) is 18.1 Å². The van der Waals surface area contributed by atoms with Gasteiger partial charge in [0.1, 0.15) is 0 Å². The number of thioether (sulfide) groups is 2. The molecule has 4 heteroatoms. The Morgan fingerprint density at radius 2 is 2.33 bits per heavy atom. The van der Waals surface area contributed by atoms with Crippen LogP contribution in [0.3, 0.4) is 0 Å². The van der Waals surface area contributed by atoms with E-state index in [-0.39, 0.29) is 5.91 Å². The van der Waals surface area contributed by atoms with Gasteiger partial charge in [0.05, 0.1) is 5.75 Å². The number of benzene rings is 1. The summed E-state index contributed by atoms with van der Waals surface area (Å²) >= 11 is 3.70. The molecule has 1 aromatic carbocycles. The Kier molecular flexibility index (Phi) is 5.45. The third-order valence-electron chi connectivity index (χ3n) is 2.82. The van der Waals surface area contributed by atoms with Gasteiger partial charge < -0.3 is 5.32 Å². The number of amides is 1. The first-order valence-corrected chi connectivity index (χ1v) is 8.42. The predicted octanol–water partition coefficient (Wildman–Crippen LogP) is 2.96. The Hall–Kier alpha value is -0.610. The molecule has 1 amide bonds. The van der Waals surface area contributed by atoms with Gasteiger partial charge in [-0.15, -0.1) is 11.8 Å². The molecular formula is C14H19NOS2. The fourth-order valence-corrected chi connectivity index (χ4v) is 4.37. The van der Waals surface area contributed by atoms with Gasteiger partial charge in [0.25, 0.3) is 0 Å². The van der Waals surface area contributed by atoms with E-state index in [0.717, 1.165) is 25.1 Å². The summed E-state index contributed by atoms with van der Waals surface area (Å²) in [6.07, 6.45) is 2.15. The summed E-state index contributed by atoms with van der Waals surface area (Å²) in [4.78, 5) is 12.9. The molecule has 0 fully saturated rings. The summed E-state index contributed by atoms with van der Waals surface area (Å²) in [7, 11) is 0. The van der Waals surface area contributed by atoms with Crippen molar-refractivity contribution < 1.29 is 4.79 Å². The second-order valence-electron chi connectivity index (χ2n) is 4.42. The maximum atomic E-state index is 11.5. The zero-order chi connectivity index (χ0) is 12.8. The van der Waals surface area contributed by atoms with E-state index in [0.29, 0.717) is 11.0 Å². The maximum Gasteiger partial charge on any atom is 0.229 e. The summed E-state index contributed by atoms with van der Waals surface area (Å²) in [5.41, 5.74) is 1.46. The molecule has 2 rings (SSSR count). The fraction of sp³-hybridized carbons (Fsp3) is 0.500. The number of rotatable bonds is 6. The molecule has 1 N–H and O–H groups in total. The predicted molar refractivity (Wildman–Crippen MR) is 80.4 cm³/mol. The van der Waals surface area contributed by atoms with Crippen LogP contribution < -0.4 is 5.32 Å². The largest absolute Gasteiger partial charge is 0.355 e. The Bertz CT molecular complexity index is 384. The van der Waals surface area contributed by atoms with E-state index in [1.807, 2.05) is 11.8 Å². The van der Waals surface area contributed by atoms with Crippen LogP contribution in [-0.4, -0.2) is 29.2 Å². The summed E-state index contributed by atoms with van der Waals surface area (Å²) in [6.45, 7) is 2.86. The maximum absolute atomic E-state index is 11.5. The van der Waals surface area contributed by atoms with Crippen LogP contribution in [0.2, 0.25) is 0 Å². The van der Waals surface area contributed by atoms with Crippen molar-refractivity contribution >= 4 is 29.4 Å². The zero-order valence-corrected chi connectivity index (χ0v) is 12.3. The van der Waals surface area contributed by atoms with E-state index in [1.165, 1.54) is 10.5 Å². The van der Waals surface area contributed by atoms with Crippen molar-refractivity contribution in [2.45, 2.75) is 29.9 Å². The summed E-state index contributed by atoms with van der Waals surface area (Å²) in [5.74, 6) is 1.81. The van der Waals surface area contributed by atoms with Gasteiger partial charge >= 0.3 is 0 Å². The van der Waals surface area contributed by atoms with Crippen LogP contribution in [0.4, 0.5) is 0 Å². The summed E-state index contributed by atoms with van der Waals surface area (Å²) < 4.78 is 0. The molecule has 1 atom stereocenters. The minimum atomic E-state index is 0.169. The number of nitrogens with one attached hydrogen (secondary N) is 1. The van der Waals surface area contributed by atoms with Gasteiger partial charge in [-0.1, -0.05) is 25.1 Å². The van der Waals surface area contributed by atoms with Gasteiger partial charge in [-0.3, -0.25) is 4.79 Å². The van der Waals surface area contributed by atoms with Crippen molar-refractivity contribution in [3.8, 4) is 0 Å². The van der Waals surface area contributed by atoms with Gasteiger partial charge in [-0.25, -0.2) is 0 Å². The average molecular weight is 281 g/mol. The van der Waals surface area contributed by atoms with Gasteiger partial charge in [0.15, 0.2) is 0 Å². The number of carbonyl (C=O) groups is 1. The summed E-state index contributed by atoms with van der Waals surface area (Å²) in [5, 5.41) is 3.54. The first-order valence-electron chi connectivity index (χ1n) is 6.38. The van der Waals surface area contributed by atoms with Crippen LogP contribution >= 0.6 is 23.5 Å². The topological polar surface area (TPSA) is 29.1 Å². The molecule has 0 saturated carbocycles. The molecule has 1 aliphatic rings. The van der Waals surface area contributed by atoms with Crippen molar-refractivity contribution in [3.63, 3.8) is 0 Å². The van der Waals surface area contributed by atoms with Crippen molar-refractivity contribution in [1.82, 2.24) is 5.32 Å². The first kappa shape index (κ1) is 13.8. The van der Waals surface area contributed by atoms with Crippen molar-refractivity contribution in [3.05, 3.63) is 29.8 Å². The summed E-state index contributed by atoms with van der Waals surface area (Å²) in [6, 6.07) is 8.60. The lowest BCUT2D eigenvalue weighted by atomic mass is 10.1. The van der Waals surface area contributed by atoms with Crippen LogP contribution in [0.25, 0.3) is 0 Å². The second kappa shape index (κ2) is 7.10. The molecule has 0 aromatic heterocycles. The van der Waals surface area contributed by atoms with Crippen LogP contribution in [0.15, 0.2) is 29.2 Å². The smallest absolute Gasteiger partial charge is 0.229 e. The monoisotopic (exact) mass is 281 g/mol. The van der Waals surface area contributed by atoms with Gasteiger partial charge in [-0.2, -0.15) is 11.8 Å². The zero-order valence-electron chi connectivity index (χ0n) is 10.6. The first-order chi connectivity index (χ1) is 8.79. The Morgan fingerprint density at radius 3 is 3.11 bits per heavy atom. The Morgan fingerprint density at radius 1 is 1.50 bits per heavy atom. The highest BCUT2D eigenvalue weighted by Crippen LogP contribution is 2.37. The normalized spacial score (nSPS) is 17.5. The van der Waals surface area contributed by atoms with E-state index in [4.69, 9.17) is 0 Å². The van der Waals surface area contributed by atoms with Crippen LogP contribution in [0, 0.1) is 0 Å². The molecule has 0 bridgehead atoms. The highest BCUT2D eigenvalue weighted by Gasteiger charge is 2.21. The molecular weight excluding hydrogens is 262 g/mol.